The molecule has 1 aliphatic carbocycles. The van der Waals surface area contributed by atoms with Gasteiger partial charge in [0, 0.05) is 19.4 Å². The van der Waals surface area contributed by atoms with E-state index in [-0.39, 0.29) is 0 Å². The molecule has 1 saturated carbocycles. The van der Waals surface area contributed by atoms with Crippen molar-refractivity contribution in [3.63, 3.8) is 0 Å². The summed E-state index contributed by atoms with van der Waals surface area (Å²) in [5.74, 6) is 0.399. The lowest BCUT2D eigenvalue weighted by atomic mass is 9.97. The van der Waals surface area contributed by atoms with Gasteiger partial charge >= 0.3 is 0 Å². The number of carbonyl (C=O) groups is 1. The molecule has 0 aromatic heterocycles. The largest absolute Gasteiger partial charge is 0.378 e. The molecule has 0 aromatic carbocycles. The molecule has 12 heavy (non-hydrogen) atoms. The first kappa shape index (κ1) is 11.6. The molecule has 72 valence electrons. The average Bonchev–Trinajstić information content (AvgIpc) is 2.13. The Balaban J connectivity index is 0.000000561. The van der Waals surface area contributed by atoms with Crippen molar-refractivity contribution in [2.24, 2.45) is 0 Å². The summed E-state index contributed by atoms with van der Waals surface area (Å²) in [5, 5.41) is 0. The SMILES string of the molecule is CC.CCOC1CCC(=O)CC1. The van der Waals surface area contributed by atoms with E-state index >= 15 is 0 Å². The Kier molecular flexibility index (Phi) is 7.06. The minimum Gasteiger partial charge on any atom is -0.378 e. The van der Waals surface area contributed by atoms with E-state index in [0.29, 0.717) is 11.9 Å². The summed E-state index contributed by atoms with van der Waals surface area (Å²) in [6.07, 6.45) is 3.69. The highest BCUT2D eigenvalue weighted by Gasteiger charge is 2.17. The van der Waals surface area contributed by atoms with Crippen molar-refractivity contribution >= 4 is 5.78 Å². The summed E-state index contributed by atoms with van der Waals surface area (Å²) >= 11 is 0. The number of ketones is 1. The third kappa shape index (κ3) is 4.50. The first-order valence-electron chi connectivity index (χ1n) is 4.96. The normalized spacial score (nSPS) is 18.4. The Morgan fingerprint density at radius 1 is 1.33 bits per heavy atom. The lowest BCUT2D eigenvalue weighted by molar-refractivity contribution is -0.122. The van der Waals surface area contributed by atoms with Gasteiger partial charge in [-0.3, -0.25) is 4.79 Å². The van der Waals surface area contributed by atoms with Crippen LogP contribution in [0.4, 0.5) is 0 Å². The molecular formula is C10H20O2. The van der Waals surface area contributed by atoms with E-state index in [1.54, 1.807) is 0 Å². The summed E-state index contributed by atoms with van der Waals surface area (Å²) in [4.78, 5) is 10.8. The number of hydrogen-bond acceptors (Lipinski definition) is 2. The average molecular weight is 172 g/mol. The number of Topliss-reactive ketones (excluding diaryl/α,β-unsaturated/α-hetero) is 1. The third-order valence-electron chi connectivity index (χ3n) is 1.89. The molecule has 0 atom stereocenters. The molecule has 0 aliphatic heterocycles. The van der Waals surface area contributed by atoms with E-state index in [4.69, 9.17) is 4.74 Å². The molecule has 0 amide bonds. The van der Waals surface area contributed by atoms with Crippen LogP contribution in [0.3, 0.4) is 0 Å². The van der Waals surface area contributed by atoms with E-state index in [0.717, 1.165) is 32.3 Å². The maximum absolute atomic E-state index is 10.8. The zero-order valence-electron chi connectivity index (χ0n) is 8.43. The van der Waals surface area contributed by atoms with Crippen molar-refractivity contribution in [1.29, 1.82) is 0 Å². The van der Waals surface area contributed by atoms with Gasteiger partial charge in [-0.25, -0.2) is 0 Å². The quantitative estimate of drug-likeness (QED) is 0.640. The molecule has 0 unspecified atom stereocenters. The maximum atomic E-state index is 10.8. The fraction of sp³-hybridized carbons (Fsp3) is 0.900. The summed E-state index contributed by atoms with van der Waals surface area (Å²) in [6, 6.07) is 0. The Hall–Kier alpha value is -0.370. The molecule has 0 saturated heterocycles. The van der Waals surface area contributed by atoms with E-state index in [2.05, 4.69) is 0 Å². The van der Waals surface area contributed by atoms with Gasteiger partial charge in [0.1, 0.15) is 5.78 Å². The van der Waals surface area contributed by atoms with Gasteiger partial charge in [-0.15, -0.1) is 0 Å². The zero-order chi connectivity index (χ0) is 9.40. The first-order chi connectivity index (χ1) is 5.83. The summed E-state index contributed by atoms with van der Waals surface area (Å²) in [6.45, 7) is 6.77. The highest BCUT2D eigenvalue weighted by atomic mass is 16.5. The Labute approximate surface area is 75.3 Å². The van der Waals surface area contributed by atoms with Crippen LogP contribution in [0.15, 0.2) is 0 Å². The number of ether oxygens (including phenoxy) is 1. The molecule has 0 spiro atoms. The Bertz CT molecular complexity index is 111. The zero-order valence-corrected chi connectivity index (χ0v) is 8.43. The molecule has 0 aromatic rings. The molecule has 1 fully saturated rings. The summed E-state index contributed by atoms with van der Waals surface area (Å²) in [7, 11) is 0. The van der Waals surface area contributed by atoms with Gasteiger partial charge in [-0.05, 0) is 19.8 Å². The predicted molar refractivity (Wildman–Crippen MR) is 50.2 cm³/mol. The number of hydrogen-bond donors (Lipinski definition) is 0. The van der Waals surface area contributed by atoms with Gasteiger partial charge in [0.25, 0.3) is 0 Å². The number of rotatable bonds is 2. The molecular weight excluding hydrogens is 152 g/mol. The van der Waals surface area contributed by atoms with Crippen molar-refractivity contribution < 1.29 is 9.53 Å². The van der Waals surface area contributed by atoms with E-state index in [1.165, 1.54) is 0 Å². The maximum Gasteiger partial charge on any atom is 0.133 e. The topological polar surface area (TPSA) is 26.3 Å². The molecule has 2 nitrogen and oxygen atoms in total. The summed E-state index contributed by atoms with van der Waals surface area (Å²) in [5.41, 5.74) is 0. The summed E-state index contributed by atoms with van der Waals surface area (Å²) < 4.78 is 5.38. The Morgan fingerprint density at radius 3 is 2.25 bits per heavy atom. The second kappa shape index (κ2) is 7.29. The van der Waals surface area contributed by atoms with Gasteiger partial charge in [0.2, 0.25) is 0 Å². The van der Waals surface area contributed by atoms with Crippen LogP contribution in [-0.4, -0.2) is 18.5 Å². The smallest absolute Gasteiger partial charge is 0.133 e. The minimum absolute atomic E-state index is 0.364. The minimum atomic E-state index is 0.364. The van der Waals surface area contributed by atoms with Gasteiger partial charge in [-0.2, -0.15) is 0 Å². The molecule has 0 bridgehead atoms. The third-order valence-corrected chi connectivity index (χ3v) is 1.89. The standard InChI is InChI=1S/C8H14O2.C2H6/c1-2-10-8-5-3-7(9)4-6-8;1-2/h8H,2-6H2,1H3;1-2H3. The highest BCUT2D eigenvalue weighted by Crippen LogP contribution is 2.17. The molecule has 0 radical (unpaired) electrons. The van der Waals surface area contributed by atoms with Crippen LogP contribution in [0.2, 0.25) is 0 Å². The van der Waals surface area contributed by atoms with Crippen molar-refractivity contribution in [2.75, 3.05) is 6.61 Å². The van der Waals surface area contributed by atoms with E-state index < -0.39 is 0 Å². The molecule has 1 rings (SSSR count). The second-order valence-corrected chi connectivity index (χ2v) is 2.69. The van der Waals surface area contributed by atoms with Crippen LogP contribution < -0.4 is 0 Å². The van der Waals surface area contributed by atoms with Gasteiger partial charge < -0.3 is 4.74 Å². The van der Waals surface area contributed by atoms with Crippen LogP contribution in [0.5, 0.6) is 0 Å². The van der Waals surface area contributed by atoms with Gasteiger partial charge in [-0.1, -0.05) is 13.8 Å². The van der Waals surface area contributed by atoms with Crippen molar-refractivity contribution in [3.05, 3.63) is 0 Å². The fourth-order valence-corrected chi connectivity index (χ4v) is 1.32. The van der Waals surface area contributed by atoms with Gasteiger partial charge in [0.15, 0.2) is 0 Å². The van der Waals surface area contributed by atoms with Gasteiger partial charge in [0.05, 0.1) is 6.10 Å². The van der Waals surface area contributed by atoms with Crippen LogP contribution >= 0.6 is 0 Å². The first-order valence-corrected chi connectivity index (χ1v) is 4.96. The van der Waals surface area contributed by atoms with E-state index in [1.807, 2.05) is 20.8 Å². The molecule has 0 N–H and O–H groups in total. The van der Waals surface area contributed by atoms with Crippen molar-refractivity contribution in [2.45, 2.75) is 52.6 Å². The van der Waals surface area contributed by atoms with Crippen LogP contribution in [0.1, 0.15) is 46.5 Å². The lowest BCUT2D eigenvalue weighted by Crippen LogP contribution is -2.21. The van der Waals surface area contributed by atoms with Crippen LogP contribution in [-0.2, 0) is 9.53 Å². The number of carbonyl (C=O) groups excluding carboxylic acids is 1. The monoisotopic (exact) mass is 172 g/mol. The molecule has 1 aliphatic rings. The molecule has 0 heterocycles. The van der Waals surface area contributed by atoms with Crippen molar-refractivity contribution in [3.8, 4) is 0 Å². The van der Waals surface area contributed by atoms with Crippen LogP contribution in [0, 0.1) is 0 Å². The van der Waals surface area contributed by atoms with Crippen LogP contribution in [0.25, 0.3) is 0 Å². The fourth-order valence-electron chi connectivity index (χ4n) is 1.32. The predicted octanol–water partition coefficient (Wildman–Crippen LogP) is 2.56. The lowest BCUT2D eigenvalue weighted by Gasteiger charge is -2.20. The van der Waals surface area contributed by atoms with E-state index in [9.17, 15) is 4.79 Å². The van der Waals surface area contributed by atoms with Crippen molar-refractivity contribution in [1.82, 2.24) is 0 Å². The second-order valence-electron chi connectivity index (χ2n) is 2.69. The Morgan fingerprint density at radius 2 is 1.83 bits per heavy atom. The molecule has 2 heteroatoms. The highest BCUT2D eigenvalue weighted by molar-refractivity contribution is 5.79.